The molecule has 1 aromatic carbocycles. The van der Waals surface area contributed by atoms with Gasteiger partial charge in [0.1, 0.15) is 18.0 Å². The van der Waals surface area contributed by atoms with Gasteiger partial charge in [0.05, 0.1) is 6.61 Å². The van der Waals surface area contributed by atoms with Gasteiger partial charge in [0, 0.05) is 19.1 Å². The van der Waals surface area contributed by atoms with Crippen LogP contribution in [-0.2, 0) is 9.53 Å². The van der Waals surface area contributed by atoms with Gasteiger partial charge in [-0.3, -0.25) is 14.8 Å². The van der Waals surface area contributed by atoms with Crippen molar-refractivity contribution in [1.82, 2.24) is 25.4 Å². The minimum Gasteiger partial charge on any atom is -0.367 e. The summed E-state index contributed by atoms with van der Waals surface area (Å²) >= 11 is 0. The molecule has 1 aromatic heterocycles. The van der Waals surface area contributed by atoms with E-state index < -0.39 is 0 Å². The topological polar surface area (TPSA) is 83.1 Å². The Morgan fingerprint density at radius 2 is 2.12 bits per heavy atom. The highest BCUT2D eigenvalue weighted by molar-refractivity contribution is 5.83. The van der Waals surface area contributed by atoms with Gasteiger partial charge < -0.3 is 10.1 Å². The lowest BCUT2D eigenvalue weighted by atomic mass is 10.0. The summed E-state index contributed by atoms with van der Waals surface area (Å²) in [5.41, 5.74) is 0.979. The maximum atomic E-state index is 12.9. The number of nitrogens with one attached hydrogen (secondary N) is 2. The summed E-state index contributed by atoms with van der Waals surface area (Å²) in [6.07, 6.45) is -0.239. The van der Waals surface area contributed by atoms with Gasteiger partial charge in [-0.1, -0.05) is 30.3 Å². The zero-order valence-corrected chi connectivity index (χ0v) is 14.9. The van der Waals surface area contributed by atoms with Crippen LogP contribution in [0.25, 0.3) is 0 Å². The predicted octanol–water partition coefficient (Wildman–Crippen LogP) is 1.75. The fraction of sp³-hybridized carbons (Fsp3) is 0.500. The molecule has 2 N–H and O–H groups in total. The Morgan fingerprint density at radius 1 is 1.36 bits per heavy atom. The predicted molar refractivity (Wildman–Crippen MR) is 93.8 cm³/mol. The Bertz CT molecular complexity index is 701. The molecule has 1 aliphatic heterocycles. The minimum atomic E-state index is -0.352. The van der Waals surface area contributed by atoms with Crippen LogP contribution in [-0.4, -0.2) is 51.7 Å². The van der Waals surface area contributed by atoms with Gasteiger partial charge in [-0.05, 0) is 26.3 Å². The number of aromatic amines is 1. The Morgan fingerprint density at radius 3 is 2.76 bits per heavy atom. The number of carbonyl (C=O) groups is 1. The third-order valence-corrected chi connectivity index (χ3v) is 4.16. The Hall–Kier alpha value is -2.25. The van der Waals surface area contributed by atoms with E-state index in [-0.39, 0.29) is 24.1 Å². The molecule has 0 saturated carbocycles. The molecule has 0 spiro atoms. The largest absolute Gasteiger partial charge is 0.367 e. The highest BCUT2D eigenvalue weighted by Crippen LogP contribution is 2.28. The zero-order chi connectivity index (χ0) is 17.8. The molecular weight excluding hydrogens is 318 g/mol. The molecule has 2 aromatic rings. The van der Waals surface area contributed by atoms with Gasteiger partial charge in [0.15, 0.2) is 5.82 Å². The molecule has 0 bridgehead atoms. The first-order valence-electron chi connectivity index (χ1n) is 8.64. The van der Waals surface area contributed by atoms with E-state index in [1.807, 2.05) is 51.1 Å². The number of rotatable bonds is 5. The number of carbonyl (C=O) groups excluding carboxylic acids is 1. The molecule has 1 amide bonds. The molecule has 0 aliphatic carbocycles. The summed E-state index contributed by atoms with van der Waals surface area (Å²) in [6, 6.07) is 9.60. The lowest BCUT2D eigenvalue weighted by Gasteiger charge is -2.37. The monoisotopic (exact) mass is 343 g/mol. The standard InChI is InChI=1S/C18H25N5O2/c1-12(2)19-18(24)16(14-7-5-4-6-8-14)23-9-10-25-15(11-23)17-20-13(3)21-22-17/h4-8,12,15-16H,9-11H2,1-3H3,(H,19,24)(H,20,21,22)/t15-,16-/m0/s1. The molecule has 1 saturated heterocycles. The number of aryl methyl sites for hydroxylation is 1. The first kappa shape index (κ1) is 17.6. The van der Waals surface area contributed by atoms with Gasteiger partial charge in [-0.2, -0.15) is 5.10 Å². The van der Waals surface area contributed by atoms with E-state index in [0.717, 1.165) is 11.4 Å². The van der Waals surface area contributed by atoms with E-state index in [4.69, 9.17) is 4.74 Å². The summed E-state index contributed by atoms with van der Waals surface area (Å²) in [5.74, 6) is 1.40. The smallest absolute Gasteiger partial charge is 0.242 e. The normalized spacial score (nSPS) is 19.8. The van der Waals surface area contributed by atoms with Gasteiger partial charge in [-0.15, -0.1) is 0 Å². The van der Waals surface area contributed by atoms with Crippen molar-refractivity contribution >= 4 is 5.91 Å². The van der Waals surface area contributed by atoms with E-state index >= 15 is 0 Å². The number of benzene rings is 1. The second-order valence-corrected chi connectivity index (χ2v) is 6.61. The fourth-order valence-electron chi connectivity index (χ4n) is 3.09. The molecule has 0 radical (unpaired) electrons. The number of morpholine rings is 1. The molecule has 0 unspecified atom stereocenters. The van der Waals surface area contributed by atoms with E-state index in [0.29, 0.717) is 25.5 Å². The van der Waals surface area contributed by atoms with Crippen LogP contribution in [0.2, 0.25) is 0 Å². The van der Waals surface area contributed by atoms with E-state index in [1.54, 1.807) is 0 Å². The van der Waals surface area contributed by atoms with E-state index in [9.17, 15) is 4.79 Å². The quantitative estimate of drug-likeness (QED) is 0.864. The number of amides is 1. The first-order chi connectivity index (χ1) is 12.0. The summed E-state index contributed by atoms with van der Waals surface area (Å²) in [7, 11) is 0. The fourth-order valence-corrected chi connectivity index (χ4v) is 3.09. The number of nitrogens with zero attached hydrogens (tertiary/aromatic N) is 3. The second kappa shape index (κ2) is 7.76. The SMILES string of the molecule is Cc1nc([C@@H]2CN([C@H](C(=O)NC(C)C)c3ccccc3)CCO2)n[nH]1. The summed E-state index contributed by atoms with van der Waals surface area (Å²) < 4.78 is 5.84. The van der Waals surface area contributed by atoms with Crippen LogP contribution >= 0.6 is 0 Å². The number of ether oxygens (including phenoxy) is 1. The number of H-pyrrole nitrogens is 1. The van der Waals surface area contributed by atoms with Gasteiger partial charge in [0.2, 0.25) is 5.91 Å². The molecular formula is C18H25N5O2. The van der Waals surface area contributed by atoms with Crippen LogP contribution < -0.4 is 5.32 Å². The average Bonchev–Trinajstić information content (AvgIpc) is 3.02. The number of aromatic nitrogens is 3. The van der Waals surface area contributed by atoms with Crippen molar-refractivity contribution in [3.63, 3.8) is 0 Å². The summed E-state index contributed by atoms with van der Waals surface area (Å²) in [6.45, 7) is 7.60. The molecule has 2 atom stereocenters. The Kier molecular flexibility index (Phi) is 5.45. The van der Waals surface area contributed by atoms with Crippen LogP contribution in [0.1, 0.15) is 43.2 Å². The molecule has 7 heteroatoms. The van der Waals surface area contributed by atoms with E-state index in [2.05, 4.69) is 25.4 Å². The maximum Gasteiger partial charge on any atom is 0.242 e. The summed E-state index contributed by atoms with van der Waals surface area (Å²) in [5, 5.41) is 10.1. The Labute approximate surface area is 147 Å². The average molecular weight is 343 g/mol. The van der Waals surface area contributed by atoms with Crippen LogP contribution in [0, 0.1) is 6.92 Å². The van der Waals surface area contributed by atoms with Crippen molar-refractivity contribution in [2.45, 2.75) is 39.0 Å². The van der Waals surface area contributed by atoms with Crippen molar-refractivity contribution in [2.24, 2.45) is 0 Å². The van der Waals surface area contributed by atoms with Crippen molar-refractivity contribution in [2.75, 3.05) is 19.7 Å². The number of hydrogen-bond donors (Lipinski definition) is 2. The van der Waals surface area contributed by atoms with Crippen LogP contribution in [0.4, 0.5) is 0 Å². The molecule has 2 heterocycles. The second-order valence-electron chi connectivity index (χ2n) is 6.61. The van der Waals surface area contributed by atoms with E-state index in [1.165, 1.54) is 0 Å². The van der Waals surface area contributed by atoms with Crippen molar-refractivity contribution in [3.8, 4) is 0 Å². The molecule has 1 fully saturated rings. The van der Waals surface area contributed by atoms with Crippen molar-refractivity contribution in [3.05, 3.63) is 47.5 Å². The van der Waals surface area contributed by atoms with Gasteiger partial charge in [0.25, 0.3) is 0 Å². The van der Waals surface area contributed by atoms with Crippen molar-refractivity contribution < 1.29 is 9.53 Å². The first-order valence-corrected chi connectivity index (χ1v) is 8.64. The Balaban J connectivity index is 1.83. The number of hydrogen-bond acceptors (Lipinski definition) is 5. The third kappa shape index (κ3) is 4.24. The van der Waals surface area contributed by atoms with Crippen LogP contribution in [0.3, 0.4) is 0 Å². The third-order valence-electron chi connectivity index (χ3n) is 4.16. The highest BCUT2D eigenvalue weighted by Gasteiger charge is 2.34. The van der Waals surface area contributed by atoms with Crippen LogP contribution in [0.5, 0.6) is 0 Å². The maximum absolute atomic E-state index is 12.9. The highest BCUT2D eigenvalue weighted by atomic mass is 16.5. The summed E-state index contributed by atoms with van der Waals surface area (Å²) in [4.78, 5) is 19.4. The van der Waals surface area contributed by atoms with Gasteiger partial charge in [-0.25, -0.2) is 4.98 Å². The molecule has 7 nitrogen and oxygen atoms in total. The molecule has 25 heavy (non-hydrogen) atoms. The van der Waals surface area contributed by atoms with Crippen LogP contribution in [0.15, 0.2) is 30.3 Å². The lowest BCUT2D eigenvalue weighted by molar-refractivity contribution is -0.131. The molecule has 134 valence electrons. The van der Waals surface area contributed by atoms with Gasteiger partial charge >= 0.3 is 0 Å². The minimum absolute atomic E-state index is 0.00742. The molecule has 1 aliphatic rings. The molecule has 3 rings (SSSR count). The van der Waals surface area contributed by atoms with Crippen molar-refractivity contribution in [1.29, 1.82) is 0 Å². The zero-order valence-electron chi connectivity index (χ0n) is 14.9. The lowest BCUT2D eigenvalue weighted by Crippen LogP contribution is -2.48.